The van der Waals surface area contributed by atoms with E-state index in [-0.39, 0.29) is 17.9 Å². The van der Waals surface area contributed by atoms with E-state index in [0.717, 1.165) is 43.4 Å². The molecular weight excluding hydrogens is 493 g/mol. The van der Waals surface area contributed by atoms with Crippen LogP contribution in [0.15, 0.2) is 91.0 Å². The first kappa shape index (κ1) is 26.2. The molecule has 0 unspecified atom stereocenters. The van der Waals surface area contributed by atoms with Crippen LogP contribution in [-0.4, -0.2) is 29.9 Å². The Kier molecular flexibility index (Phi) is 8.06. The van der Waals surface area contributed by atoms with Crippen molar-refractivity contribution in [2.75, 3.05) is 12.0 Å². The van der Waals surface area contributed by atoms with Crippen LogP contribution in [0.1, 0.15) is 54.2 Å². The fourth-order valence-electron chi connectivity index (χ4n) is 5.15. The molecule has 3 aromatic carbocycles. The summed E-state index contributed by atoms with van der Waals surface area (Å²) in [5, 5.41) is 3.18. The molecule has 2 amide bonds. The van der Waals surface area contributed by atoms with Gasteiger partial charge in [-0.2, -0.15) is 0 Å². The number of carbonyl (C=O) groups is 2. The first-order valence-electron chi connectivity index (χ1n) is 13.3. The fourth-order valence-corrected chi connectivity index (χ4v) is 5.15. The summed E-state index contributed by atoms with van der Waals surface area (Å²) in [5.41, 5.74) is 3.10. The summed E-state index contributed by atoms with van der Waals surface area (Å²) < 4.78 is 19.2. The van der Waals surface area contributed by atoms with E-state index in [2.05, 4.69) is 10.3 Å². The standard InChI is InChI=1S/C32H32FN3O3/c1-39-27-18-16-26(17-19-27)36(32(38)29-21-20-28(35-29)22-8-4-2-5-9-22)30(23-12-14-24(33)15-13-23)31(37)34-25-10-6-3-7-11-25/h2,4-5,8-9,12-21,25,30,35H,3,6-7,10-11H2,1H3,(H,34,37)/t30-/m0/s1. The maximum atomic E-state index is 14.2. The summed E-state index contributed by atoms with van der Waals surface area (Å²) in [6.45, 7) is 0. The summed E-state index contributed by atoms with van der Waals surface area (Å²) in [7, 11) is 1.57. The fraction of sp³-hybridized carbons (Fsp3) is 0.250. The second kappa shape index (κ2) is 12.0. The topological polar surface area (TPSA) is 74.4 Å². The first-order chi connectivity index (χ1) is 19.0. The van der Waals surface area contributed by atoms with Crippen molar-refractivity contribution in [3.63, 3.8) is 0 Å². The molecule has 1 saturated carbocycles. The van der Waals surface area contributed by atoms with Crippen molar-refractivity contribution in [1.29, 1.82) is 0 Å². The van der Waals surface area contributed by atoms with Gasteiger partial charge in [-0.05, 0) is 72.5 Å². The zero-order valence-corrected chi connectivity index (χ0v) is 21.9. The molecule has 0 saturated heterocycles. The molecule has 5 rings (SSSR count). The number of nitrogens with zero attached hydrogens (tertiary/aromatic N) is 1. The van der Waals surface area contributed by atoms with Crippen molar-refractivity contribution in [2.24, 2.45) is 0 Å². The molecule has 4 aromatic rings. The summed E-state index contributed by atoms with van der Waals surface area (Å²) in [6, 6.07) is 25.1. The molecule has 200 valence electrons. The molecular formula is C32H32FN3O3. The van der Waals surface area contributed by atoms with Gasteiger partial charge in [0.15, 0.2) is 0 Å². The number of rotatable bonds is 8. The van der Waals surface area contributed by atoms with Gasteiger partial charge in [-0.1, -0.05) is 61.7 Å². The molecule has 39 heavy (non-hydrogen) atoms. The summed E-state index contributed by atoms with van der Waals surface area (Å²) >= 11 is 0. The van der Waals surface area contributed by atoms with E-state index in [1.165, 1.54) is 17.0 Å². The number of carbonyl (C=O) groups excluding carboxylic acids is 2. The number of methoxy groups -OCH3 is 1. The van der Waals surface area contributed by atoms with Crippen LogP contribution in [0, 0.1) is 5.82 Å². The van der Waals surface area contributed by atoms with E-state index in [1.807, 2.05) is 36.4 Å². The quantitative estimate of drug-likeness (QED) is 0.270. The molecule has 0 bridgehead atoms. The number of aromatic nitrogens is 1. The molecule has 1 aliphatic rings. The van der Waals surface area contributed by atoms with Crippen molar-refractivity contribution in [3.05, 3.63) is 108 Å². The molecule has 1 aromatic heterocycles. The van der Waals surface area contributed by atoms with Crippen LogP contribution in [0.4, 0.5) is 10.1 Å². The molecule has 1 atom stereocenters. The Labute approximate surface area is 227 Å². The number of halogens is 1. The van der Waals surface area contributed by atoms with Gasteiger partial charge in [0, 0.05) is 17.4 Å². The van der Waals surface area contributed by atoms with Gasteiger partial charge in [0.25, 0.3) is 5.91 Å². The highest BCUT2D eigenvalue weighted by Gasteiger charge is 2.35. The number of aromatic amines is 1. The van der Waals surface area contributed by atoms with Crippen LogP contribution < -0.4 is 15.0 Å². The molecule has 2 N–H and O–H groups in total. The highest BCUT2D eigenvalue weighted by Crippen LogP contribution is 2.32. The molecule has 1 fully saturated rings. The van der Waals surface area contributed by atoms with E-state index in [4.69, 9.17) is 4.74 Å². The number of hydrogen-bond donors (Lipinski definition) is 2. The minimum Gasteiger partial charge on any atom is -0.497 e. The Hall–Kier alpha value is -4.39. The first-order valence-corrected chi connectivity index (χ1v) is 13.3. The van der Waals surface area contributed by atoms with Crippen LogP contribution >= 0.6 is 0 Å². The Morgan fingerprint density at radius 1 is 0.897 bits per heavy atom. The molecule has 7 heteroatoms. The zero-order valence-electron chi connectivity index (χ0n) is 21.9. The Morgan fingerprint density at radius 2 is 1.59 bits per heavy atom. The third kappa shape index (κ3) is 6.03. The van der Waals surface area contributed by atoms with Crippen LogP contribution in [0.2, 0.25) is 0 Å². The lowest BCUT2D eigenvalue weighted by molar-refractivity contribution is -0.123. The van der Waals surface area contributed by atoms with Crippen molar-refractivity contribution < 1.29 is 18.7 Å². The van der Waals surface area contributed by atoms with Gasteiger partial charge >= 0.3 is 0 Å². The van der Waals surface area contributed by atoms with Crippen LogP contribution in [0.5, 0.6) is 5.75 Å². The second-order valence-corrected chi connectivity index (χ2v) is 9.82. The van der Waals surface area contributed by atoms with Gasteiger partial charge in [-0.25, -0.2) is 4.39 Å². The van der Waals surface area contributed by atoms with E-state index >= 15 is 0 Å². The minimum atomic E-state index is -1.02. The molecule has 0 spiro atoms. The van der Waals surface area contributed by atoms with Crippen LogP contribution in [0.25, 0.3) is 11.3 Å². The number of hydrogen-bond acceptors (Lipinski definition) is 3. The van der Waals surface area contributed by atoms with Gasteiger partial charge in [0.05, 0.1) is 7.11 Å². The van der Waals surface area contributed by atoms with Gasteiger partial charge in [0.1, 0.15) is 23.3 Å². The lowest BCUT2D eigenvalue weighted by atomic mass is 9.94. The van der Waals surface area contributed by atoms with Crippen molar-refractivity contribution >= 4 is 17.5 Å². The number of H-pyrrole nitrogens is 1. The van der Waals surface area contributed by atoms with Crippen molar-refractivity contribution in [2.45, 2.75) is 44.2 Å². The Balaban J connectivity index is 1.57. The van der Waals surface area contributed by atoms with Gasteiger partial charge in [-0.15, -0.1) is 0 Å². The van der Waals surface area contributed by atoms with Crippen LogP contribution in [-0.2, 0) is 4.79 Å². The maximum Gasteiger partial charge on any atom is 0.275 e. The van der Waals surface area contributed by atoms with Gasteiger partial charge < -0.3 is 15.0 Å². The monoisotopic (exact) mass is 525 g/mol. The smallest absolute Gasteiger partial charge is 0.275 e. The number of anilines is 1. The second-order valence-electron chi connectivity index (χ2n) is 9.82. The van der Waals surface area contributed by atoms with Gasteiger partial charge in [0.2, 0.25) is 5.91 Å². The molecule has 6 nitrogen and oxygen atoms in total. The predicted octanol–water partition coefficient (Wildman–Crippen LogP) is 6.67. The Bertz CT molecular complexity index is 1390. The maximum absolute atomic E-state index is 14.2. The highest BCUT2D eigenvalue weighted by atomic mass is 19.1. The molecule has 1 heterocycles. The third-order valence-corrected chi connectivity index (χ3v) is 7.21. The lowest BCUT2D eigenvalue weighted by Crippen LogP contribution is -2.47. The minimum absolute atomic E-state index is 0.0391. The number of benzene rings is 3. The van der Waals surface area contributed by atoms with Gasteiger partial charge in [-0.3, -0.25) is 14.5 Å². The van der Waals surface area contributed by atoms with E-state index in [0.29, 0.717) is 22.7 Å². The highest BCUT2D eigenvalue weighted by molar-refractivity contribution is 6.09. The molecule has 1 aliphatic carbocycles. The normalized spacial score (nSPS) is 14.4. The van der Waals surface area contributed by atoms with E-state index < -0.39 is 11.9 Å². The van der Waals surface area contributed by atoms with Crippen molar-refractivity contribution in [1.82, 2.24) is 10.3 Å². The van der Waals surface area contributed by atoms with E-state index in [1.54, 1.807) is 49.6 Å². The number of nitrogens with one attached hydrogen (secondary N) is 2. The summed E-state index contributed by atoms with van der Waals surface area (Å²) in [6.07, 6.45) is 5.06. The Morgan fingerprint density at radius 3 is 2.26 bits per heavy atom. The zero-order chi connectivity index (χ0) is 27.2. The predicted molar refractivity (Wildman–Crippen MR) is 150 cm³/mol. The lowest BCUT2D eigenvalue weighted by Gasteiger charge is -2.33. The average Bonchev–Trinajstić information content (AvgIpc) is 3.48. The summed E-state index contributed by atoms with van der Waals surface area (Å²) in [4.78, 5) is 32.9. The molecule has 0 radical (unpaired) electrons. The molecule has 0 aliphatic heterocycles. The van der Waals surface area contributed by atoms with Crippen molar-refractivity contribution in [3.8, 4) is 17.0 Å². The summed E-state index contributed by atoms with van der Waals surface area (Å²) in [5.74, 6) is -0.463. The van der Waals surface area contributed by atoms with E-state index in [9.17, 15) is 14.0 Å². The largest absolute Gasteiger partial charge is 0.497 e. The SMILES string of the molecule is COc1ccc(N(C(=O)c2ccc(-c3ccccc3)[nH]2)[C@H](C(=O)NC2CCCCC2)c2ccc(F)cc2)cc1. The third-order valence-electron chi connectivity index (χ3n) is 7.21. The number of ether oxygens (including phenoxy) is 1. The number of amides is 2. The average molecular weight is 526 g/mol. The van der Waals surface area contributed by atoms with Crippen LogP contribution in [0.3, 0.4) is 0 Å².